The molecule has 1 heterocycles. The zero-order chi connectivity index (χ0) is 12.9. The van der Waals surface area contributed by atoms with Gasteiger partial charge >= 0.3 is 5.97 Å². The Labute approximate surface area is 101 Å². The Kier molecular flexibility index (Phi) is 4.65. The Balaban J connectivity index is 2.89. The second-order valence-corrected chi connectivity index (χ2v) is 3.87. The summed E-state index contributed by atoms with van der Waals surface area (Å²) >= 11 is 0. The van der Waals surface area contributed by atoms with Crippen LogP contribution >= 0.6 is 0 Å². The Morgan fingerprint density at radius 3 is 2.76 bits per heavy atom. The highest BCUT2D eigenvalue weighted by atomic mass is 16.6. The van der Waals surface area contributed by atoms with E-state index < -0.39 is 11.8 Å². The third kappa shape index (κ3) is 3.28. The maximum absolute atomic E-state index is 11.4. The van der Waals surface area contributed by atoms with Crippen molar-refractivity contribution in [3.8, 4) is 0 Å². The van der Waals surface area contributed by atoms with Gasteiger partial charge in [-0.1, -0.05) is 13.5 Å². The van der Waals surface area contributed by atoms with Crippen LogP contribution in [0.25, 0.3) is 0 Å². The molecule has 1 unspecified atom stereocenters. The molecule has 6 nitrogen and oxygen atoms in total. The van der Waals surface area contributed by atoms with Crippen LogP contribution in [0.3, 0.4) is 0 Å². The van der Waals surface area contributed by atoms with Crippen LogP contribution in [0.4, 0.5) is 0 Å². The Morgan fingerprint density at radius 1 is 1.65 bits per heavy atom. The third-order valence-corrected chi connectivity index (χ3v) is 2.66. The molecule has 1 aliphatic heterocycles. The lowest BCUT2D eigenvalue weighted by molar-refractivity contribution is -0.189. The van der Waals surface area contributed by atoms with Gasteiger partial charge in [-0.05, 0) is 0 Å². The summed E-state index contributed by atoms with van der Waals surface area (Å²) in [6.07, 6.45) is 1.56. The van der Waals surface area contributed by atoms with E-state index in [1.165, 1.54) is 6.92 Å². The maximum atomic E-state index is 11.4. The van der Waals surface area contributed by atoms with Gasteiger partial charge in [0, 0.05) is 32.5 Å². The molecule has 6 heteroatoms. The first kappa shape index (κ1) is 13.7. The standard InChI is InChI=1S/C11H19N3O3/c1-4-10(16)17-11(5-2,13-9(3)15)14-7-6-12-8-14/h4,12H,1,5-8H2,2-3H3,(H,13,15). The molecule has 0 aromatic carbocycles. The largest absolute Gasteiger partial charge is 0.422 e. The zero-order valence-corrected chi connectivity index (χ0v) is 10.3. The summed E-state index contributed by atoms with van der Waals surface area (Å²) in [5, 5.41) is 5.84. The predicted molar refractivity (Wildman–Crippen MR) is 62.7 cm³/mol. The molecular formula is C11H19N3O3. The lowest BCUT2D eigenvalue weighted by Gasteiger charge is -2.39. The first-order chi connectivity index (χ1) is 8.04. The van der Waals surface area contributed by atoms with E-state index in [2.05, 4.69) is 17.2 Å². The SMILES string of the molecule is C=CC(=O)OC(CC)(NC(C)=O)N1CCNC1. The number of carbonyl (C=O) groups is 2. The number of esters is 1. The normalized spacial score (nSPS) is 19.4. The number of ether oxygens (including phenoxy) is 1. The number of nitrogens with zero attached hydrogens (tertiary/aromatic N) is 1. The van der Waals surface area contributed by atoms with Crippen molar-refractivity contribution >= 4 is 11.9 Å². The number of amides is 1. The molecule has 96 valence electrons. The lowest BCUT2D eigenvalue weighted by Crippen LogP contribution is -2.62. The summed E-state index contributed by atoms with van der Waals surface area (Å²) in [6.45, 7) is 8.69. The second-order valence-electron chi connectivity index (χ2n) is 3.87. The van der Waals surface area contributed by atoms with Gasteiger partial charge in [0.05, 0.1) is 6.67 Å². The van der Waals surface area contributed by atoms with E-state index in [0.717, 1.165) is 12.6 Å². The molecule has 0 saturated carbocycles. The quantitative estimate of drug-likeness (QED) is 0.395. The molecular weight excluding hydrogens is 222 g/mol. The average Bonchev–Trinajstić information content (AvgIpc) is 2.81. The van der Waals surface area contributed by atoms with Crippen LogP contribution < -0.4 is 10.6 Å². The van der Waals surface area contributed by atoms with Crippen molar-refractivity contribution in [2.75, 3.05) is 19.8 Å². The molecule has 0 spiro atoms. The highest BCUT2D eigenvalue weighted by molar-refractivity contribution is 5.82. The molecule has 2 N–H and O–H groups in total. The molecule has 0 aliphatic carbocycles. The van der Waals surface area contributed by atoms with Crippen LogP contribution in [0.5, 0.6) is 0 Å². The minimum absolute atomic E-state index is 0.240. The smallest absolute Gasteiger partial charge is 0.333 e. The van der Waals surface area contributed by atoms with E-state index in [1.807, 2.05) is 11.8 Å². The highest BCUT2D eigenvalue weighted by Gasteiger charge is 2.40. The van der Waals surface area contributed by atoms with Crippen molar-refractivity contribution in [1.82, 2.24) is 15.5 Å². The topological polar surface area (TPSA) is 70.7 Å². The molecule has 0 aromatic rings. The number of hydrogen-bond donors (Lipinski definition) is 2. The van der Waals surface area contributed by atoms with Crippen LogP contribution in [-0.4, -0.2) is 42.4 Å². The summed E-state index contributed by atoms with van der Waals surface area (Å²) in [7, 11) is 0. The summed E-state index contributed by atoms with van der Waals surface area (Å²) < 4.78 is 5.33. The van der Waals surface area contributed by atoms with Crippen LogP contribution in [0.1, 0.15) is 20.3 Å². The number of hydrogen-bond acceptors (Lipinski definition) is 5. The van der Waals surface area contributed by atoms with Crippen molar-refractivity contribution in [3.05, 3.63) is 12.7 Å². The van der Waals surface area contributed by atoms with E-state index in [1.54, 1.807) is 0 Å². The fourth-order valence-corrected chi connectivity index (χ4v) is 1.85. The molecule has 1 fully saturated rings. The monoisotopic (exact) mass is 241 g/mol. The molecule has 1 amide bonds. The van der Waals surface area contributed by atoms with E-state index in [0.29, 0.717) is 19.6 Å². The molecule has 17 heavy (non-hydrogen) atoms. The van der Waals surface area contributed by atoms with Gasteiger partial charge in [-0.25, -0.2) is 9.69 Å². The van der Waals surface area contributed by atoms with Gasteiger partial charge in [0.2, 0.25) is 11.8 Å². The Morgan fingerprint density at radius 2 is 2.35 bits per heavy atom. The van der Waals surface area contributed by atoms with Crippen LogP contribution in [0.2, 0.25) is 0 Å². The first-order valence-electron chi connectivity index (χ1n) is 5.64. The molecule has 0 aromatic heterocycles. The molecule has 1 atom stereocenters. The molecule has 1 rings (SSSR count). The van der Waals surface area contributed by atoms with Gasteiger partial charge in [-0.3, -0.25) is 4.79 Å². The van der Waals surface area contributed by atoms with Crippen molar-refractivity contribution in [1.29, 1.82) is 0 Å². The van der Waals surface area contributed by atoms with Crippen molar-refractivity contribution in [3.63, 3.8) is 0 Å². The van der Waals surface area contributed by atoms with Crippen molar-refractivity contribution in [2.24, 2.45) is 0 Å². The summed E-state index contributed by atoms with van der Waals surface area (Å²) in [6, 6.07) is 0. The summed E-state index contributed by atoms with van der Waals surface area (Å²) in [4.78, 5) is 24.5. The van der Waals surface area contributed by atoms with Crippen molar-refractivity contribution < 1.29 is 14.3 Å². The second kappa shape index (κ2) is 5.79. The predicted octanol–water partition coefficient (Wildman–Crippen LogP) is -0.222. The van der Waals surface area contributed by atoms with E-state index in [-0.39, 0.29) is 5.91 Å². The van der Waals surface area contributed by atoms with Crippen LogP contribution in [0.15, 0.2) is 12.7 Å². The molecule has 1 saturated heterocycles. The third-order valence-electron chi connectivity index (χ3n) is 2.66. The van der Waals surface area contributed by atoms with Crippen LogP contribution in [-0.2, 0) is 14.3 Å². The fourth-order valence-electron chi connectivity index (χ4n) is 1.85. The van der Waals surface area contributed by atoms with Gasteiger partial charge in [0.1, 0.15) is 0 Å². The van der Waals surface area contributed by atoms with E-state index in [9.17, 15) is 9.59 Å². The zero-order valence-electron chi connectivity index (χ0n) is 10.3. The lowest BCUT2D eigenvalue weighted by atomic mass is 10.2. The fraction of sp³-hybridized carbons (Fsp3) is 0.636. The number of carbonyl (C=O) groups excluding carboxylic acids is 2. The molecule has 1 aliphatic rings. The van der Waals surface area contributed by atoms with Gasteiger partial charge in [-0.2, -0.15) is 0 Å². The van der Waals surface area contributed by atoms with Gasteiger partial charge in [-0.15, -0.1) is 0 Å². The first-order valence-corrected chi connectivity index (χ1v) is 5.64. The molecule has 0 bridgehead atoms. The Hall–Kier alpha value is -1.40. The maximum Gasteiger partial charge on any atom is 0.333 e. The van der Waals surface area contributed by atoms with E-state index >= 15 is 0 Å². The minimum Gasteiger partial charge on any atom is -0.422 e. The van der Waals surface area contributed by atoms with Crippen molar-refractivity contribution in [2.45, 2.75) is 26.1 Å². The average molecular weight is 241 g/mol. The highest BCUT2D eigenvalue weighted by Crippen LogP contribution is 2.20. The van der Waals surface area contributed by atoms with Gasteiger partial charge in [0.25, 0.3) is 0 Å². The molecule has 0 radical (unpaired) electrons. The van der Waals surface area contributed by atoms with Gasteiger partial charge in [0.15, 0.2) is 0 Å². The summed E-state index contributed by atoms with van der Waals surface area (Å²) in [5.74, 6) is -1.87. The number of nitrogens with one attached hydrogen (secondary N) is 2. The van der Waals surface area contributed by atoms with E-state index in [4.69, 9.17) is 4.74 Å². The minimum atomic E-state index is -1.08. The Bertz CT molecular complexity index is 313. The van der Waals surface area contributed by atoms with Gasteiger partial charge < -0.3 is 15.4 Å². The summed E-state index contributed by atoms with van der Waals surface area (Å²) in [5.41, 5.74) is 0. The number of rotatable bonds is 5. The van der Waals surface area contributed by atoms with Crippen LogP contribution in [0, 0.1) is 0 Å².